The minimum absolute atomic E-state index is 0.281. The molecule has 1 aliphatic heterocycles. The lowest BCUT2D eigenvalue weighted by Crippen LogP contribution is -2.28. The molecule has 2 heteroatoms. The van der Waals surface area contributed by atoms with Gasteiger partial charge in [-0.25, -0.2) is 0 Å². The highest BCUT2D eigenvalue weighted by atomic mass is 16.5. The Hall–Kier alpha value is -1.02. The van der Waals surface area contributed by atoms with Crippen LogP contribution in [0, 0.1) is 5.92 Å². The number of rotatable bonds is 3. The van der Waals surface area contributed by atoms with E-state index in [0.29, 0.717) is 5.92 Å². The van der Waals surface area contributed by atoms with Gasteiger partial charge in [-0.3, -0.25) is 0 Å². The number of fused-ring (bicyclic) bond motifs is 1. The Morgan fingerprint density at radius 3 is 3.06 bits per heavy atom. The van der Waals surface area contributed by atoms with Gasteiger partial charge in [0.15, 0.2) is 0 Å². The van der Waals surface area contributed by atoms with Crippen LogP contribution < -0.4 is 4.74 Å². The molecule has 1 fully saturated rings. The number of ether oxygens (including phenoxy) is 1. The molecule has 0 spiro atoms. The molecule has 1 saturated carbocycles. The molecule has 0 bridgehead atoms. The van der Waals surface area contributed by atoms with Crippen LogP contribution in [0.25, 0.3) is 0 Å². The summed E-state index contributed by atoms with van der Waals surface area (Å²) in [7, 11) is 0. The Balaban J connectivity index is 1.87. The molecule has 17 heavy (non-hydrogen) atoms. The molecular formula is C15H20O2. The molecule has 0 aromatic heterocycles. The van der Waals surface area contributed by atoms with Crippen LogP contribution in [-0.4, -0.2) is 17.3 Å². The van der Waals surface area contributed by atoms with Gasteiger partial charge in [0, 0.05) is 11.5 Å². The van der Waals surface area contributed by atoms with Crippen molar-refractivity contribution in [2.24, 2.45) is 5.92 Å². The van der Waals surface area contributed by atoms with E-state index in [9.17, 15) is 5.11 Å². The van der Waals surface area contributed by atoms with Gasteiger partial charge in [0.1, 0.15) is 5.75 Å². The lowest BCUT2D eigenvalue weighted by atomic mass is 9.85. The van der Waals surface area contributed by atoms with Crippen molar-refractivity contribution in [2.75, 3.05) is 6.61 Å². The largest absolute Gasteiger partial charge is 0.493 e. The standard InChI is InChI=1S/C15H20O2/c1-2-5-11-10-15(11,16)13-8-9-17-14-7-4-3-6-12(13)14/h3-4,6-7,11,13,16H,2,5,8-10H2,1H3. The Labute approximate surface area is 103 Å². The molecule has 0 radical (unpaired) electrons. The highest BCUT2D eigenvalue weighted by molar-refractivity contribution is 5.41. The molecule has 1 aliphatic carbocycles. The van der Waals surface area contributed by atoms with Gasteiger partial charge in [-0.15, -0.1) is 0 Å². The van der Waals surface area contributed by atoms with Gasteiger partial charge >= 0.3 is 0 Å². The van der Waals surface area contributed by atoms with E-state index < -0.39 is 5.60 Å². The van der Waals surface area contributed by atoms with Crippen LogP contribution in [0.4, 0.5) is 0 Å². The van der Waals surface area contributed by atoms with E-state index >= 15 is 0 Å². The van der Waals surface area contributed by atoms with Crippen molar-refractivity contribution in [3.63, 3.8) is 0 Å². The number of hydrogen-bond acceptors (Lipinski definition) is 2. The van der Waals surface area contributed by atoms with E-state index in [4.69, 9.17) is 4.74 Å². The van der Waals surface area contributed by atoms with Crippen LogP contribution in [0.2, 0.25) is 0 Å². The van der Waals surface area contributed by atoms with Crippen molar-refractivity contribution in [1.29, 1.82) is 0 Å². The van der Waals surface area contributed by atoms with Gasteiger partial charge < -0.3 is 9.84 Å². The fraction of sp³-hybridized carbons (Fsp3) is 0.600. The van der Waals surface area contributed by atoms with Gasteiger partial charge in [-0.2, -0.15) is 0 Å². The van der Waals surface area contributed by atoms with Crippen molar-refractivity contribution in [1.82, 2.24) is 0 Å². The summed E-state index contributed by atoms with van der Waals surface area (Å²) in [5.74, 6) is 1.76. The van der Waals surface area contributed by atoms with Crippen molar-refractivity contribution in [3.05, 3.63) is 29.8 Å². The van der Waals surface area contributed by atoms with Gasteiger partial charge in [-0.1, -0.05) is 31.5 Å². The second kappa shape index (κ2) is 4.02. The molecule has 1 heterocycles. The maximum atomic E-state index is 10.7. The molecule has 2 aliphatic rings. The summed E-state index contributed by atoms with van der Waals surface area (Å²) in [4.78, 5) is 0. The fourth-order valence-electron chi connectivity index (χ4n) is 3.32. The summed E-state index contributed by atoms with van der Waals surface area (Å²) >= 11 is 0. The summed E-state index contributed by atoms with van der Waals surface area (Å²) in [6.45, 7) is 2.93. The second-order valence-electron chi connectivity index (χ2n) is 5.41. The number of aliphatic hydroxyl groups is 1. The maximum absolute atomic E-state index is 10.7. The topological polar surface area (TPSA) is 29.5 Å². The summed E-state index contributed by atoms with van der Waals surface area (Å²) in [5.41, 5.74) is 0.760. The van der Waals surface area contributed by atoms with Crippen LogP contribution in [-0.2, 0) is 0 Å². The lowest BCUT2D eigenvalue weighted by molar-refractivity contribution is 0.0768. The van der Waals surface area contributed by atoms with E-state index in [1.165, 1.54) is 5.56 Å². The molecule has 1 aromatic rings. The summed E-state index contributed by atoms with van der Waals surface area (Å²) in [5, 5.41) is 10.7. The molecule has 3 atom stereocenters. The third-order valence-corrected chi connectivity index (χ3v) is 4.32. The molecule has 1 aromatic carbocycles. The van der Waals surface area contributed by atoms with E-state index in [0.717, 1.165) is 38.0 Å². The Bertz CT molecular complexity index is 415. The molecule has 0 saturated heterocycles. The number of benzene rings is 1. The average Bonchev–Trinajstić information content (AvgIpc) is 3.01. The zero-order valence-electron chi connectivity index (χ0n) is 10.4. The zero-order valence-corrected chi connectivity index (χ0v) is 10.4. The van der Waals surface area contributed by atoms with Crippen LogP contribution in [0.15, 0.2) is 24.3 Å². The SMILES string of the molecule is CCCC1CC1(O)C1CCOc2ccccc21. The van der Waals surface area contributed by atoms with Crippen LogP contribution in [0.3, 0.4) is 0 Å². The molecule has 1 N–H and O–H groups in total. The minimum Gasteiger partial charge on any atom is -0.493 e. The Kier molecular flexibility index (Phi) is 2.62. The van der Waals surface area contributed by atoms with Crippen molar-refractivity contribution >= 4 is 0 Å². The fourth-order valence-corrected chi connectivity index (χ4v) is 3.32. The molecule has 0 amide bonds. The predicted molar refractivity (Wildman–Crippen MR) is 67.3 cm³/mol. The maximum Gasteiger partial charge on any atom is 0.122 e. The summed E-state index contributed by atoms with van der Waals surface area (Å²) in [6.07, 6.45) is 4.24. The smallest absolute Gasteiger partial charge is 0.122 e. The van der Waals surface area contributed by atoms with E-state index in [1.54, 1.807) is 0 Å². The van der Waals surface area contributed by atoms with Gasteiger partial charge in [0.05, 0.1) is 12.2 Å². The van der Waals surface area contributed by atoms with Gasteiger partial charge in [0.2, 0.25) is 0 Å². The first-order valence-corrected chi connectivity index (χ1v) is 6.70. The normalized spacial score (nSPS) is 34.9. The first-order valence-electron chi connectivity index (χ1n) is 6.70. The minimum atomic E-state index is -0.449. The third-order valence-electron chi connectivity index (χ3n) is 4.32. The average molecular weight is 232 g/mol. The molecule has 92 valence electrons. The van der Waals surface area contributed by atoms with E-state index in [-0.39, 0.29) is 5.92 Å². The lowest BCUT2D eigenvalue weighted by Gasteiger charge is -2.30. The highest BCUT2D eigenvalue weighted by Gasteiger charge is 2.58. The van der Waals surface area contributed by atoms with Crippen LogP contribution in [0.1, 0.15) is 44.1 Å². The van der Waals surface area contributed by atoms with Gasteiger partial charge in [0.25, 0.3) is 0 Å². The van der Waals surface area contributed by atoms with Crippen LogP contribution >= 0.6 is 0 Å². The predicted octanol–water partition coefficient (Wildman–Crippen LogP) is 3.10. The highest BCUT2D eigenvalue weighted by Crippen LogP contribution is 2.58. The first kappa shape index (κ1) is 11.1. The molecular weight excluding hydrogens is 212 g/mol. The third kappa shape index (κ3) is 1.75. The zero-order chi connectivity index (χ0) is 11.9. The Morgan fingerprint density at radius 2 is 2.24 bits per heavy atom. The summed E-state index contributed by atoms with van der Waals surface area (Å²) < 4.78 is 5.66. The number of hydrogen-bond donors (Lipinski definition) is 1. The molecule has 3 unspecified atom stereocenters. The van der Waals surface area contributed by atoms with Crippen molar-refractivity contribution in [3.8, 4) is 5.75 Å². The first-order chi connectivity index (χ1) is 8.25. The Morgan fingerprint density at radius 1 is 1.41 bits per heavy atom. The van der Waals surface area contributed by atoms with E-state index in [1.807, 2.05) is 18.2 Å². The molecule has 2 nitrogen and oxygen atoms in total. The van der Waals surface area contributed by atoms with E-state index in [2.05, 4.69) is 13.0 Å². The van der Waals surface area contributed by atoms with Crippen molar-refractivity contribution < 1.29 is 9.84 Å². The monoisotopic (exact) mass is 232 g/mol. The second-order valence-corrected chi connectivity index (χ2v) is 5.41. The van der Waals surface area contributed by atoms with Gasteiger partial charge in [-0.05, 0) is 31.2 Å². The quantitative estimate of drug-likeness (QED) is 0.867. The summed E-state index contributed by atoms with van der Waals surface area (Å²) in [6, 6.07) is 8.17. The number of para-hydroxylation sites is 1. The van der Waals surface area contributed by atoms with Crippen molar-refractivity contribution in [2.45, 2.75) is 44.1 Å². The molecule has 3 rings (SSSR count). The van der Waals surface area contributed by atoms with Crippen LogP contribution in [0.5, 0.6) is 5.75 Å².